The third kappa shape index (κ3) is 6.21. The van der Waals surface area contributed by atoms with Crippen molar-refractivity contribution in [1.82, 2.24) is 9.80 Å². The van der Waals surface area contributed by atoms with Gasteiger partial charge in [-0.1, -0.05) is 24.8 Å². The molecule has 196 valence electrons. The number of aliphatic hydroxyl groups excluding tert-OH is 1. The van der Waals surface area contributed by atoms with Crippen LogP contribution in [0.15, 0.2) is 66.8 Å². The van der Waals surface area contributed by atoms with Crippen LogP contribution in [0.5, 0.6) is 11.5 Å². The minimum absolute atomic E-state index is 0.0836. The second kappa shape index (κ2) is 12.6. The lowest BCUT2D eigenvalue weighted by molar-refractivity contribution is -0.140. The Bertz CT molecular complexity index is 1120. The van der Waals surface area contributed by atoms with Crippen LogP contribution in [-0.4, -0.2) is 79.2 Å². The summed E-state index contributed by atoms with van der Waals surface area (Å²) in [6.07, 6.45) is 2.35. The minimum Gasteiger partial charge on any atom is -0.507 e. The maximum Gasteiger partial charge on any atom is 0.295 e. The Morgan fingerprint density at radius 1 is 1.03 bits per heavy atom. The van der Waals surface area contributed by atoms with Crippen molar-refractivity contribution in [1.29, 1.82) is 0 Å². The third-order valence-corrected chi connectivity index (χ3v) is 6.52. The van der Waals surface area contributed by atoms with Crippen LogP contribution in [0.1, 0.15) is 30.5 Å². The van der Waals surface area contributed by atoms with Crippen LogP contribution in [0.3, 0.4) is 0 Å². The summed E-state index contributed by atoms with van der Waals surface area (Å²) in [6, 6.07) is 13.4. The zero-order valence-electron chi connectivity index (χ0n) is 21.2. The van der Waals surface area contributed by atoms with Crippen molar-refractivity contribution < 1.29 is 28.9 Å². The fraction of sp³-hybridized carbons (Fsp3) is 0.379. The van der Waals surface area contributed by atoms with Crippen molar-refractivity contribution in [3.05, 3.63) is 77.9 Å². The molecule has 1 unspecified atom stereocenters. The molecule has 2 aliphatic heterocycles. The van der Waals surface area contributed by atoms with Crippen molar-refractivity contribution in [3.63, 3.8) is 0 Å². The van der Waals surface area contributed by atoms with Gasteiger partial charge < -0.3 is 24.2 Å². The fourth-order valence-electron chi connectivity index (χ4n) is 4.68. The average Bonchev–Trinajstić information content (AvgIpc) is 3.18. The van der Waals surface area contributed by atoms with Crippen molar-refractivity contribution in [2.24, 2.45) is 0 Å². The maximum absolute atomic E-state index is 13.3. The molecule has 4 rings (SSSR count). The molecular weight excluding hydrogens is 472 g/mol. The molecule has 2 fully saturated rings. The topological polar surface area (TPSA) is 88.5 Å². The van der Waals surface area contributed by atoms with Crippen LogP contribution in [-0.2, 0) is 14.3 Å². The van der Waals surface area contributed by atoms with Crippen LogP contribution in [0.4, 0.5) is 0 Å². The SMILES string of the molecule is C=CCOc1ccc(/C(O)=C2\C(=O)C(=O)N(CCCN3CCOCC3)C2c2ccc(OCC)cc2)cc1. The minimum atomic E-state index is -0.697. The standard InChI is InChI=1S/C29H34N2O6/c1-3-18-37-24-12-8-22(9-13-24)27(32)25-26(21-6-10-23(11-7-21)36-4-2)31(29(34)28(25)33)15-5-14-30-16-19-35-20-17-30/h3,6-13,26,32H,1,4-5,14-20H2,2H3/b27-25+. The molecule has 0 radical (unpaired) electrons. The van der Waals surface area contributed by atoms with Gasteiger partial charge in [0.15, 0.2) is 0 Å². The molecule has 0 aliphatic carbocycles. The smallest absolute Gasteiger partial charge is 0.295 e. The van der Waals surface area contributed by atoms with Gasteiger partial charge in [0.1, 0.15) is 23.9 Å². The summed E-state index contributed by atoms with van der Waals surface area (Å²) in [5.74, 6) is -0.181. The van der Waals surface area contributed by atoms with E-state index in [9.17, 15) is 14.7 Å². The van der Waals surface area contributed by atoms with Gasteiger partial charge in [0, 0.05) is 31.7 Å². The van der Waals surface area contributed by atoms with E-state index >= 15 is 0 Å². The van der Waals surface area contributed by atoms with E-state index in [1.807, 2.05) is 31.2 Å². The highest BCUT2D eigenvalue weighted by Gasteiger charge is 2.45. The van der Waals surface area contributed by atoms with Crippen molar-refractivity contribution >= 4 is 17.4 Å². The highest BCUT2D eigenvalue weighted by atomic mass is 16.5. The lowest BCUT2D eigenvalue weighted by Gasteiger charge is -2.29. The number of amides is 1. The normalized spacial score (nSPS) is 19.7. The lowest BCUT2D eigenvalue weighted by atomic mass is 9.95. The highest BCUT2D eigenvalue weighted by Crippen LogP contribution is 2.40. The number of hydrogen-bond acceptors (Lipinski definition) is 7. The quantitative estimate of drug-likeness (QED) is 0.215. The van der Waals surface area contributed by atoms with Gasteiger partial charge in [-0.3, -0.25) is 14.5 Å². The molecule has 37 heavy (non-hydrogen) atoms. The number of morpholine rings is 1. The number of rotatable bonds is 11. The number of ketones is 1. The molecule has 0 aromatic heterocycles. The summed E-state index contributed by atoms with van der Waals surface area (Å²) in [4.78, 5) is 30.3. The van der Waals surface area contributed by atoms with E-state index < -0.39 is 17.7 Å². The van der Waals surface area contributed by atoms with Gasteiger partial charge in [0.05, 0.1) is 31.4 Å². The number of aliphatic hydroxyl groups is 1. The molecule has 0 saturated carbocycles. The summed E-state index contributed by atoms with van der Waals surface area (Å²) in [5.41, 5.74) is 1.26. The summed E-state index contributed by atoms with van der Waals surface area (Å²) >= 11 is 0. The van der Waals surface area contributed by atoms with E-state index in [4.69, 9.17) is 14.2 Å². The van der Waals surface area contributed by atoms with Crippen LogP contribution in [0, 0.1) is 0 Å². The van der Waals surface area contributed by atoms with Crippen molar-refractivity contribution in [3.8, 4) is 11.5 Å². The first-order valence-electron chi connectivity index (χ1n) is 12.7. The number of Topliss-reactive ketones (excluding diaryl/α,β-unsaturated/α-hetero) is 1. The van der Waals surface area contributed by atoms with E-state index in [-0.39, 0.29) is 11.3 Å². The lowest BCUT2D eigenvalue weighted by Crippen LogP contribution is -2.38. The zero-order chi connectivity index (χ0) is 26.2. The highest BCUT2D eigenvalue weighted by molar-refractivity contribution is 6.46. The largest absolute Gasteiger partial charge is 0.507 e. The number of nitrogens with zero attached hydrogens (tertiary/aromatic N) is 2. The Hall–Kier alpha value is -3.62. The van der Waals surface area contributed by atoms with Gasteiger partial charge in [-0.25, -0.2) is 0 Å². The van der Waals surface area contributed by atoms with E-state index in [1.165, 1.54) is 0 Å². The molecule has 0 spiro atoms. The summed E-state index contributed by atoms with van der Waals surface area (Å²) < 4.78 is 16.5. The van der Waals surface area contributed by atoms with Gasteiger partial charge in [0.25, 0.3) is 11.7 Å². The molecule has 2 aliphatic rings. The predicted molar refractivity (Wildman–Crippen MR) is 141 cm³/mol. The number of ether oxygens (including phenoxy) is 3. The molecule has 2 aromatic carbocycles. The predicted octanol–water partition coefficient (Wildman–Crippen LogP) is 3.79. The van der Waals surface area contributed by atoms with Crippen LogP contribution >= 0.6 is 0 Å². The summed E-state index contributed by atoms with van der Waals surface area (Å²) in [6.45, 7) is 10.7. The van der Waals surface area contributed by atoms with E-state index in [0.29, 0.717) is 56.5 Å². The van der Waals surface area contributed by atoms with E-state index in [2.05, 4.69) is 11.5 Å². The summed E-state index contributed by atoms with van der Waals surface area (Å²) in [7, 11) is 0. The molecule has 1 atom stereocenters. The molecule has 8 heteroatoms. The molecule has 2 heterocycles. The van der Waals surface area contributed by atoms with Gasteiger partial charge in [-0.15, -0.1) is 0 Å². The Labute approximate surface area is 217 Å². The molecule has 1 amide bonds. The first-order chi connectivity index (χ1) is 18.0. The van der Waals surface area contributed by atoms with Crippen molar-refractivity contribution in [2.75, 3.05) is 52.6 Å². The molecular formula is C29H34N2O6. The monoisotopic (exact) mass is 506 g/mol. The Morgan fingerprint density at radius 3 is 2.32 bits per heavy atom. The number of hydrogen-bond donors (Lipinski definition) is 1. The van der Waals surface area contributed by atoms with Crippen LogP contribution in [0.2, 0.25) is 0 Å². The first kappa shape index (κ1) is 26.4. The number of carbonyl (C=O) groups is 2. The molecule has 2 saturated heterocycles. The van der Waals surface area contributed by atoms with Gasteiger partial charge in [0.2, 0.25) is 0 Å². The Kier molecular flexibility index (Phi) is 8.98. The van der Waals surface area contributed by atoms with Gasteiger partial charge >= 0.3 is 0 Å². The molecule has 2 aromatic rings. The van der Waals surface area contributed by atoms with Crippen LogP contribution in [0.25, 0.3) is 5.76 Å². The second-order valence-corrected chi connectivity index (χ2v) is 8.93. The first-order valence-corrected chi connectivity index (χ1v) is 12.7. The summed E-state index contributed by atoms with van der Waals surface area (Å²) in [5, 5.41) is 11.3. The Morgan fingerprint density at radius 2 is 1.68 bits per heavy atom. The number of carbonyl (C=O) groups excluding carboxylic acids is 2. The van der Waals surface area contributed by atoms with Crippen LogP contribution < -0.4 is 9.47 Å². The second-order valence-electron chi connectivity index (χ2n) is 8.93. The maximum atomic E-state index is 13.3. The molecule has 1 N–H and O–H groups in total. The Balaban J connectivity index is 1.64. The van der Waals surface area contributed by atoms with E-state index in [0.717, 1.165) is 25.2 Å². The zero-order valence-corrected chi connectivity index (χ0v) is 21.2. The number of benzene rings is 2. The number of likely N-dealkylation sites (tertiary alicyclic amines) is 1. The third-order valence-electron chi connectivity index (χ3n) is 6.52. The van der Waals surface area contributed by atoms with Gasteiger partial charge in [-0.2, -0.15) is 0 Å². The fourth-order valence-corrected chi connectivity index (χ4v) is 4.68. The van der Waals surface area contributed by atoms with Crippen molar-refractivity contribution in [2.45, 2.75) is 19.4 Å². The van der Waals surface area contributed by atoms with Gasteiger partial charge in [-0.05, 0) is 55.3 Å². The average molecular weight is 507 g/mol. The molecule has 8 nitrogen and oxygen atoms in total. The van der Waals surface area contributed by atoms with E-state index in [1.54, 1.807) is 35.2 Å². The molecule has 0 bridgehead atoms.